The molecule has 0 saturated heterocycles. The molecule has 0 heteroatoms. The van der Waals surface area contributed by atoms with Crippen LogP contribution in [-0.4, -0.2) is 0 Å². The van der Waals surface area contributed by atoms with Crippen molar-refractivity contribution in [3.8, 4) is 0 Å². The minimum Gasteiger partial charge on any atom is -0.0915 e. The van der Waals surface area contributed by atoms with Gasteiger partial charge >= 0.3 is 0 Å². The van der Waals surface area contributed by atoms with Gasteiger partial charge in [-0.25, -0.2) is 0 Å². The molecule has 0 atom stereocenters. The van der Waals surface area contributed by atoms with E-state index in [2.05, 4.69) is 12.7 Å². The zero-order chi connectivity index (χ0) is 9.99. The SMILES string of the molecule is C=C1C=C(C2CC2)C(C2CC2)=C1C1CC1. The highest BCUT2D eigenvalue weighted by atomic mass is 14.5. The van der Waals surface area contributed by atoms with Gasteiger partial charge in [0.15, 0.2) is 0 Å². The van der Waals surface area contributed by atoms with Gasteiger partial charge in [-0.05, 0) is 78.6 Å². The van der Waals surface area contributed by atoms with E-state index in [1.807, 2.05) is 0 Å². The molecule has 0 aromatic rings. The molecule has 0 nitrogen and oxygen atoms in total. The van der Waals surface area contributed by atoms with Crippen molar-refractivity contribution < 1.29 is 0 Å². The van der Waals surface area contributed by atoms with Gasteiger partial charge in [-0.1, -0.05) is 12.7 Å². The van der Waals surface area contributed by atoms with E-state index in [1.54, 1.807) is 16.7 Å². The van der Waals surface area contributed by atoms with Crippen molar-refractivity contribution in [2.75, 3.05) is 0 Å². The Hall–Kier alpha value is -0.780. The molecule has 0 aromatic carbocycles. The molecule has 0 unspecified atom stereocenters. The summed E-state index contributed by atoms with van der Waals surface area (Å²) in [6.45, 7) is 4.28. The van der Waals surface area contributed by atoms with Crippen LogP contribution in [0.5, 0.6) is 0 Å². The Labute approximate surface area is 91.8 Å². The Bertz CT molecular complexity index is 396. The maximum absolute atomic E-state index is 4.28. The largest absolute Gasteiger partial charge is 0.0915 e. The van der Waals surface area contributed by atoms with Crippen molar-refractivity contribution in [1.82, 2.24) is 0 Å². The summed E-state index contributed by atoms with van der Waals surface area (Å²) in [4.78, 5) is 0. The Kier molecular flexibility index (Phi) is 1.49. The van der Waals surface area contributed by atoms with E-state index in [9.17, 15) is 0 Å². The summed E-state index contributed by atoms with van der Waals surface area (Å²) in [5.41, 5.74) is 6.56. The molecule has 78 valence electrons. The molecular formula is C15H18. The maximum atomic E-state index is 4.28. The van der Waals surface area contributed by atoms with Gasteiger partial charge in [0.2, 0.25) is 0 Å². The molecule has 0 aromatic heterocycles. The van der Waals surface area contributed by atoms with Crippen LogP contribution in [0.3, 0.4) is 0 Å². The van der Waals surface area contributed by atoms with Gasteiger partial charge in [0, 0.05) is 0 Å². The lowest BCUT2D eigenvalue weighted by Gasteiger charge is -2.10. The Morgan fingerprint density at radius 1 is 0.800 bits per heavy atom. The van der Waals surface area contributed by atoms with Gasteiger partial charge in [0.25, 0.3) is 0 Å². The van der Waals surface area contributed by atoms with Gasteiger partial charge in [-0.2, -0.15) is 0 Å². The lowest BCUT2D eigenvalue weighted by atomic mass is 9.95. The zero-order valence-electron chi connectivity index (χ0n) is 9.26. The maximum Gasteiger partial charge on any atom is -0.0153 e. The fraction of sp³-hybridized carbons (Fsp3) is 0.600. The van der Waals surface area contributed by atoms with Crippen LogP contribution in [0.2, 0.25) is 0 Å². The summed E-state index contributed by atoms with van der Waals surface area (Å²) >= 11 is 0. The molecule has 0 heterocycles. The minimum absolute atomic E-state index is 0.903. The molecule has 0 N–H and O–H groups in total. The summed E-state index contributed by atoms with van der Waals surface area (Å²) in [7, 11) is 0. The van der Waals surface area contributed by atoms with Crippen LogP contribution < -0.4 is 0 Å². The second kappa shape index (κ2) is 2.66. The van der Waals surface area contributed by atoms with Crippen molar-refractivity contribution in [3.63, 3.8) is 0 Å². The van der Waals surface area contributed by atoms with Gasteiger partial charge in [0.1, 0.15) is 0 Å². The molecule has 4 aliphatic carbocycles. The minimum atomic E-state index is 0.903. The topological polar surface area (TPSA) is 0 Å². The standard InChI is InChI=1S/C15H18/c1-9-8-13(10-2-3-10)15(12-6-7-12)14(9)11-4-5-11/h8,10-12H,1-7H2. The lowest BCUT2D eigenvalue weighted by molar-refractivity contribution is 0.894. The van der Waals surface area contributed by atoms with Crippen LogP contribution >= 0.6 is 0 Å². The van der Waals surface area contributed by atoms with E-state index in [1.165, 1.54) is 44.1 Å². The van der Waals surface area contributed by atoms with E-state index in [0.717, 1.165) is 17.8 Å². The third kappa shape index (κ3) is 1.27. The molecule has 3 fully saturated rings. The van der Waals surface area contributed by atoms with Crippen LogP contribution in [0.15, 0.2) is 34.9 Å². The van der Waals surface area contributed by atoms with Crippen LogP contribution in [0, 0.1) is 17.8 Å². The second-order valence-electron chi connectivity index (χ2n) is 5.78. The average Bonchev–Trinajstić information content (AvgIpc) is 3.12. The fourth-order valence-corrected chi connectivity index (χ4v) is 3.09. The molecule has 0 amide bonds. The van der Waals surface area contributed by atoms with Gasteiger partial charge in [-0.15, -0.1) is 0 Å². The van der Waals surface area contributed by atoms with Crippen molar-refractivity contribution in [3.05, 3.63) is 34.9 Å². The molecule has 0 spiro atoms. The fourth-order valence-electron chi connectivity index (χ4n) is 3.09. The van der Waals surface area contributed by atoms with Crippen LogP contribution in [0.25, 0.3) is 0 Å². The van der Waals surface area contributed by atoms with Crippen molar-refractivity contribution in [2.24, 2.45) is 17.8 Å². The van der Waals surface area contributed by atoms with Crippen molar-refractivity contribution >= 4 is 0 Å². The lowest BCUT2D eigenvalue weighted by Crippen LogP contribution is -1.96. The third-order valence-corrected chi connectivity index (χ3v) is 4.27. The number of rotatable bonds is 3. The molecule has 4 rings (SSSR count). The summed E-state index contributed by atoms with van der Waals surface area (Å²) in [6, 6.07) is 0. The number of hydrogen-bond donors (Lipinski definition) is 0. The number of hydrogen-bond acceptors (Lipinski definition) is 0. The predicted molar refractivity (Wildman–Crippen MR) is 62.4 cm³/mol. The predicted octanol–water partition coefficient (Wildman–Crippen LogP) is 4.01. The van der Waals surface area contributed by atoms with E-state index >= 15 is 0 Å². The molecule has 15 heavy (non-hydrogen) atoms. The van der Waals surface area contributed by atoms with E-state index in [0.29, 0.717) is 0 Å². The third-order valence-electron chi connectivity index (χ3n) is 4.27. The second-order valence-corrected chi connectivity index (χ2v) is 5.78. The van der Waals surface area contributed by atoms with Crippen LogP contribution in [0.1, 0.15) is 38.5 Å². The van der Waals surface area contributed by atoms with Gasteiger partial charge in [-0.3, -0.25) is 0 Å². The molecule has 4 aliphatic rings. The average molecular weight is 198 g/mol. The van der Waals surface area contributed by atoms with E-state index in [-0.39, 0.29) is 0 Å². The Morgan fingerprint density at radius 2 is 1.33 bits per heavy atom. The smallest absolute Gasteiger partial charge is 0.0153 e. The van der Waals surface area contributed by atoms with Gasteiger partial charge in [0.05, 0.1) is 0 Å². The molecule has 0 aliphatic heterocycles. The Morgan fingerprint density at radius 3 is 1.87 bits per heavy atom. The summed E-state index contributed by atoms with van der Waals surface area (Å²) in [5.74, 6) is 2.76. The summed E-state index contributed by atoms with van der Waals surface area (Å²) < 4.78 is 0. The van der Waals surface area contributed by atoms with Crippen LogP contribution in [0.4, 0.5) is 0 Å². The van der Waals surface area contributed by atoms with E-state index < -0.39 is 0 Å². The molecular weight excluding hydrogens is 180 g/mol. The molecule has 0 radical (unpaired) electrons. The first-order valence-electron chi connectivity index (χ1n) is 6.50. The van der Waals surface area contributed by atoms with Crippen molar-refractivity contribution in [2.45, 2.75) is 38.5 Å². The van der Waals surface area contributed by atoms with Gasteiger partial charge < -0.3 is 0 Å². The highest BCUT2D eigenvalue weighted by molar-refractivity contribution is 5.62. The quantitative estimate of drug-likeness (QED) is 0.642. The monoisotopic (exact) mass is 198 g/mol. The zero-order valence-corrected chi connectivity index (χ0v) is 9.26. The van der Waals surface area contributed by atoms with E-state index in [4.69, 9.17) is 0 Å². The van der Waals surface area contributed by atoms with Crippen molar-refractivity contribution in [1.29, 1.82) is 0 Å². The Balaban J connectivity index is 1.79. The highest BCUT2D eigenvalue weighted by Gasteiger charge is 2.43. The number of allylic oxidation sites excluding steroid dienone is 5. The highest BCUT2D eigenvalue weighted by Crippen LogP contribution is 2.57. The normalized spacial score (nSPS) is 31.2. The first kappa shape index (κ1) is 8.38. The summed E-state index contributed by atoms with van der Waals surface area (Å²) in [6.07, 6.45) is 11.1. The van der Waals surface area contributed by atoms with Crippen LogP contribution in [-0.2, 0) is 0 Å². The first-order chi connectivity index (χ1) is 7.34. The first-order valence-corrected chi connectivity index (χ1v) is 6.50. The summed E-state index contributed by atoms with van der Waals surface area (Å²) in [5, 5.41) is 0. The molecule has 0 bridgehead atoms. The molecule has 3 saturated carbocycles.